The van der Waals surface area contributed by atoms with Gasteiger partial charge < -0.3 is 4.74 Å². The van der Waals surface area contributed by atoms with Gasteiger partial charge in [0.2, 0.25) is 5.88 Å². The number of ether oxygens (including phenoxy) is 1. The van der Waals surface area contributed by atoms with E-state index >= 15 is 0 Å². The van der Waals surface area contributed by atoms with Gasteiger partial charge in [-0.3, -0.25) is 0 Å². The highest BCUT2D eigenvalue weighted by molar-refractivity contribution is 9.10. The van der Waals surface area contributed by atoms with Crippen LogP contribution in [0.5, 0.6) is 11.6 Å². The average Bonchev–Trinajstić information content (AvgIpc) is 2.50. The Kier molecular flexibility index (Phi) is 4.29. The number of fused-ring (bicyclic) bond motifs is 1. The van der Waals surface area contributed by atoms with Crippen LogP contribution in [0.25, 0.3) is 10.8 Å². The summed E-state index contributed by atoms with van der Waals surface area (Å²) in [5.41, 5.74) is 0.570. The maximum atomic E-state index is 6.00. The first-order valence-corrected chi connectivity index (χ1v) is 7.81. The quantitative estimate of drug-likeness (QED) is 0.437. The van der Waals surface area contributed by atoms with Crippen LogP contribution in [0.1, 0.15) is 5.56 Å². The molecule has 1 aromatic heterocycles. The van der Waals surface area contributed by atoms with Crippen LogP contribution in [0.4, 0.5) is 0 Å². The molecule has 0 spiro atoms. The number of nitrogens with zero attached hydrogens (tertiary/aromatic N) is 2. The minimum Gasteiger partial charge on any atom is -0.437 e. The number of alkyl halides is 1. The maximum absolute atomic E-state index is 6.00. The fourth-order valence-electron chi connectivity index (χ4n) is 1.97. The molecule has 3 nitrogen and oxygen atoms in total. The van der Waals surface area contributed by atoms with Crippen molar-refractivity contribution >= 4 is 49.9 Å². The third kappa shape index (κ3) is 2.84. The van der Waals surface area contributed by atoms with Crippen molar-refractivity contribution in [1.29, 1.82) is 0 Å². The van der Waals surface area contributed by atoms with Crippen LogP contribution in [0.2, 0.25) is 5.15 Å². The first-order valence-electron chi connectivity index (χ1n) is 6.11. The van der Waals surface area contributed by atoms with Gasteiger partial charge in [0, 0.05) is 0 Å². The van der Waals surface area contributed by atoms with Gasteiger partial charge >= 0.3 is 0 Å². The summed E-state index contributed by atoms with van der Waals surface area (Å²) in [7, 11) is 0. The summed E-state index contributed by atoms with van der Waals surface area (Å²) in [6.45, 7) is 0. The fraction of sp³-hybridized carbons (Fsp3) is 0.0667. The van der Waals surface area contributed by atoms with E-state index in [2.05, 4.69) is 25.9 Å². The first kappa shape index (κ1) is 14.6. The molecule has 0 atom stereocenters. The highest BCUT2D eigenvalue weighted by atomic mass is 79.9. The van der Waals surface area contributed by atoms with E-state index in [0.717, 1.165) is 15.2 Å². The second kappa shape index (κ2) is 6.18. The average molecular weight is 384 g/mol. The lowest BCUT2D eigenvalue weighted by atomic mass is 10.1. The zero-order valence-corrected chi connectivity index (χ0v) is 13.8. The Morgan fingerprint density at radius 3 is 2.71 bits per heavy atom. The van der Waals surface area contributed by atoms with Crippen LogP contribution in [-0.4, -0.2) is 9.97 Å². The van der Waals surface area contributed by atoms with Gasteiger partial charge in [0.15, 0.2) is 0 Å². The Morgan fingerprint density at radius 1 is 1.10 bits per heavy atom. The molecule has 0 amide bonds. The summed E-state index contributed by atoms with van der Waals surface area (Å²) in [5.74, 6) is 1.19. The van der Waals surface area contributed by atoms with Crippen molar-refractivity contribution < 1.29 is 4.74 Å². The fourth-order valence-corrected chi connectivity index (χ4v) is 3.05. The van der Waals surface area contributed by atoms with E-state index in [9.17, 15) is 0 Å². The Morgan fingerprint density at radius 2 is 1.90 bits per heavy atom. The topological polar surface area (TPSA) is 35.0 Å². The van der Waals surface area contributed by atoms with Gasteiger partial charge in [-0.05, 0) is 32.8 Å². The van der Waals surface area contributed by atoms with Crippen LogP contribution in [0.15, 0.2) is 47.2 Å². The molecule has 6 heteroatoms. The normalized spacial score (nSPS) is 10.8. The highest BCUT2D eigenvalue weighted by Gasteiger charge is 2.13. The first-order chi connectivity index (χ1) is 10.2. The predicted octanol–water partition coefficient (Wildman–Crippen LogP) is 5.58. The molecular formula is C15H9BrCl2N2O. The monoisotopic (exact) mass is 382 g/mol. The lowest BCUT2D eigenvalue weighted by molar-refractivity contribution is 0.455. The number of halogens is 3. The molecule has 0 saturated carbocycles. The van der Waals surface area contributed by atoms with Crippen molar-refractivity contribution in [2.75, 3.05) is 0 Å². The summed E-state index contributed by atoms with van der Waals surface area (Å²) in [4.78, 5) is 8.01. The molecule has 0 N–H and O–H groups in total. The molecule has 1 heterocycles. The van der Waals surface area contributed by atoms with Crippen LogP contribution in [-0.2, 0) is 5.88 Å². The number of aromatic nitrogens is 2. The second-order valence-electron chi connectivity index (χ2n) is 4.28. The summed E-state index contributed by atoms with van der Waals surface area (Å²) < 4.78 is 6.71. The summed E-state index contributed by atoms with van der Waals surface area (Å²) in [5, 5.41) is 2.48. The smallest absolute Gasteiger partial charge is 0.228 e. The second-order valence-corrected chi connectivity index (χ2v) is 5.70. The van der Waals surface area contributed by atoms with Crippen LogP contribution in [0, 0.1) is 0 Å². The van der Waals surface area contributed by atoms with E-state index in [-0.39, 0.29) is 5.88 Å². The van der Waals surface area contributed by atoms with Crippen molar-refractivity contribution in [3.63, 3.8) is 0 Å². The van der Waals surface area contributed by atoms with E-state index in [0.29, 0.717) is 22.3 Å². The van der Waals surface area contributed by atoms with Crippen molar-refractivity contribution in [2.24, 2.45) is 0 Å². The number of rotatable bonds is 3. The van der Waals surface area contributed by atoms with Crippen LogP contribution >= 0.6 is 39.1 Å². The Balaban J connectivity index is 2.07. The van der Waals surface area contributed by atoms with Gasteiger partial charge in [-0.15, -0.1) is 11.6 Å². The molecule has 0 bridgehead atoms. The van der Waals surface area contributed by atoms with E-state index in [1.165, 1.54) is 6.33 Å². The zero-order valence-electron chi connectivity index (χ0n) is 10.7. The van der Waals surface area contributed by atoms with Gasteiger partial charge in [-0.2, -0.15) is 0 Å². The highest BCUT2D eigenvalue weighted by Crippen LogP contribution is 2.37. The van der Waals surface area contributed by atoms with Crippen LogP contribution < -0.4 is 4.74 Å². The van der Waals surface area contributed by atoms with E-state index in [1.807, 2.05) is 36.4 Å². The molecule has 0 unspecified atom stereocenters. The molecule has 106 valence electrons. The molecule has 3 aromatic rings. The third-order valence-electron chi connectivity index (χ3n) is 3.02. The van der Waals surface area contributed by atoms with Crippen molar-refractivity contribution in [3.8, 4) is 11.6 Å². The maximum Gasteiger partial charge on any atom is 0.228 e. The Hall–Kier alpha value is -1.36. The standard InChI is InChI=1S/C15H9BrCl2N2O/c16-13-10-4-2-1-3-9(10)5-6-12(13)21-15-11(7-17)14(18)19-8-20-15/h1-6,8H,7H2. The zero-order chi connectivity index (χ0) is 14.8. The van der Waals surface area contributed by atoms with E-state index < -0.39 is 0 Å². The minimum absolute atomic E-state index is 0.181. The molecular weight excluding hydrogens is 375 g/mol. The molecule has 3 rings (SSSR count). The lowest BCUT2D eigenvalue weighted by Crippen LogP contribution is -1.96. The van der Waals surface area contributed by atoms with Crippen molar-refractivity contribution in [2.45, 2.75) is 5.88 Å². The number of benzene rings is 2. The summed E-state index contributed by atoms with van der Waals surface area (Å²) >= 11 is 15.5. The largest absolute Gasteiger partial charge is 0.437 e. The summed E-state index contributed by atoms with van der Waals surface area (Å²) in [6.07, 6.45) is 1.35. The Labute approximate surface area is 140 Å². The number of hydrogen-bond acceptors (Lipinski definition) is 3. The molecule has 0 aliphatic heterocycles. The van der Waals surface area contributed by atoms with Gasteiger partial charge in [0.25, 0.3) is 0 Å². The summed E-state index contributed by atoms with van der Waals surface area (Å²) in [6, 6.07) is 11.9. The lowest BCUT2D eigenvalue weighted by Gasteiger charge is -2.11. The molecule has 0 aliphatic carbocycles. The minimum atomic E-state index is 0.181. The van der Waals surface area contributed by atoms with Crippen LogP contribution in [0.3, 0.4) is 0 Å². The predicted molar refractivity (Wildman–Crippen MR) is 88.3 cm³/mol. The van der Waals surface area contributed by atoms with Gasteiger partial charge in [0.1, 0.15) is 17.2 Å². The molecule has 0 fully saturated rings. The van der Waals surface area contributed by atoms with Gasteiger partial charge in [-0.1, -0.05) is 41.9 Å². The van der Waals surface area contributed by atoms with Gasteiger partial charge in [0.05, 0.1) is 15.9 Å². The molecule has 21 heavy (non-hydrogen) atoms. The molecule has 0 radical (unpaired) electrons. The van der Waals surface area contributed by atoms with E-state index in [1.54, 1.807) is 0 Å². The van der Waals surface area contributed by atoms with Crippen molar-refractivity contribution in [1.82, 2.24) is 9.97 Å². The molecule has 0 aliphatic rings. The number of hydrogen-bond donors (Lipinski definition) is 0. The Bertz CT molecular complexity index is 811. The van der Waals surface area contributed by atoms with Crippen molar-refractivity contribution in [3.05, 3.63) is 57.9 Å². The molecule has 2 aromatic carbocycles. The SMILES string of the molecule is ClCc1c(Cl)ncnc1Oc1ccc2ccccc2c1Br. The van der Waals surface area contributed by atoms with E-state index in [4.69, 9.17) is 27.9 Å². The third-order valence-corrected chi connectivity index (χ3v) is 4.43. The van der Waals surface area contributed by atoms with Gasteiger partial charge in [-0.25, -0.2) is 9.97 Å². The molecule has 0 saturated heterocycles.